The highest BCUT2D eigenvalue weighted by atomic mass is 32.2. The molecule has 6 heteroatoms. The molecule has 4 aromatic carbocycles. The van der Waals surface area contributed by atoms with Crippen LogP contribution in [0.4, 0.5) is 0 Å². The lowest BCUT2D eigenvalue weighted by Gasteiger charge is -2.08. The summed E-state index contributed by atoms with van der Waals surface area (Å²) in [6, 6.07) is 28.1. The maximum Gasteiger partial charge on any atom is 0.206 e. The van der Waals surface area contributed by atoms with Crippen LogP contribution in [0.2, 0.25) is 0 Å². The molecule has 0 radical (unpaired) electrons. The second-order valence-corrected chi connectivity index (χ2v) is 11.7. The summed E-state index contributed by atoms with van der Waals surface area (Å²) < 4.78 is 49.4. The highest BCUT2D eigenvalue weighted by Crippen LogP contribution is 2.28. The monoisotopic (exact) mass is 462 g/mol. The van der Waals surface area contributed by atoms with E-state index in [9.17, 15) is 16.8 Å². The molecule has 0 aliphatic rings. The molecule has 4 rings (SSSR count). The second kappa shape index (κ2) is 8.37. The van der Waals surface area contributed by atoms with Crippen molar-refractivity contribution in [2.24, 2.45) is 0 Å². The van der Waals surface area contributed by atoms with Crippen LogP contribution >= 0.6 is 0 Å². The Labute approximate surface area is 189 Å². The second-order valence-electron chi connectivity index (χ2n) is 7.71. The van der Waals surface area contributed by atoms with Gasteiger partial charge in [-0.2, -0.15) is 0 Å². The minimum absolute atomic E-state index is 0.206. The minimum atomic E-state index is -3.65. The van der Waals surface area contributed by atoms with Crippen LogP contribution in [-0.2, 0) is 19.7 Å². The predicted molar refractivity (Wildman–Crippen MR) is 127 cm³/mol. The standard InChI is InChI=1S/C26H22O4S2/c1-19-3-5-20(6-4-19)22-9-15-25(16-10-22)32(29,30)26-17-11-23(12-18-26)21-7-13-24(14-8-21)31(2,27)28/h3-18H,1-2H3. The van der Waals surface area contributed by atoms with Crippen molar-refractivity contribution in [2.75, 3.05) is 6.26 Å². The van der Waals surface area contributed by atoms with E-state index < -0.39 is 19.7 Å². The summed E-state index contributed by atoms with van der Waals surface area (Å²) >= 11 is 0. The fourth-order valence-electron chi connectivity index (χ4n) is 3.43. The maximum absolute atomic E-state index is 13.1. The first kappa shape index (κ1) is 22.0. The van der Waals surface area contributed by atoms with E-state index in [0.29, 0.717) is 0 Å². The smallest absolute Gasteiger partial charge is 0.206 e. The van der Waals surface area contributed by atoms with E-state index in [1.807, 2.05) is 43.3 Å². The van der Waals surface area contributed by atoms with Crippen molar-refractivity contribution in [3.63, 3.8) is 0 Å². The summed E-state index contributed by atoms with van der Waals surface area (Å²) in [5.41, 5.74) is 4.77. The van der Waals surface area contributed by atoms with Crippen LogP contribution < -0.4 is 0 Å². The van der Waals surface area contributed by atoms with Crippen molar-refractivity contribution < 1.29 is 16.8 Å². The van der Waals surface area contributed by atoms with E-state index in [1.54, 1.807) is 60.7 Å². The Hall–Kier alpha value is -3.22. The molecule has 0 bridgehead atoms. The van der Waals surface area contributed by atoms with Crippen LogP contribution in [0.15, 0.2) is 112 Å². The van der Waals surface area contributed by atoms with Crippen molar-refractivity contribution in [1.29, 1.82) is 0 Å². The van der Waals surface area contributed by atoms with Gasteiger partial charge in [0.2, 0.25) is 9.84 Å². The Morgan fingerprint density at radius 3 is 1.03 bits per heavy atom. The summed E-state index contributed by atoms with van der Waals surface area (Å²) in [6.45, 7) is 2.02. The van der Waals surface area contributed by atoms with Crippen LogP contribution in [0.3, 0.4) is 0 Å². The highest BCUT2D eigenvalue weighted by molar-refractivity contribution is 7.91. The summed E-state index contributed by atoms with van der Waals surface area (Å²) in [6.07, 6.45) is 1.16. The normalized spacial score (nSPS) is 11.9. The Morgan fingerprint density at radius 2 is 0.719 bits per heavy atom. The Morgan fingerprint density at radius 1 is 0.438 bits per heavy atom. The molecular formula is C26H22O4S2. The van der Waals surface area contributed by atoms with Crippen LogP contribution in [0, 0.1) is 6.92 Å². The molecule has 0 N–H and O–H groups in total. The third kappa shape index (κ3) is 4.52. The molecule has 4 nitrogen and oxygen atoms in total. The van der Waals surface area contributed by atoms with Gasteiger partial charge in [-0.3, -0.25) is 0 Å². The predicted octanol–water partition coefficient (Wildman–Crippen LogP) is 5.57. The van der Waals surface area contributed by atoms with Gasteiger partial charge in [0.05, 0.1) is 14.7 Å². The molecular weight excluding hydrogens is 440 g/mol. The number of benzene rings is 4. The van der Waals surface area contributed by atoms with Crippen LogP contribution in [0.5, 0.6) is 0 Å². The van der Waals surface area contributed by atoms with Crippen molar-refractivity contribution in [3.05, 3.63) is 103 Å². The van der Waals surface area contributed by atoms with E-state index in [2.05, 4.69) is 0 Å². The Kier molecular flexibility index (Phi) is 5.75. The van der Waals surface area contributed by atoms with Gasteiger partial charge in [0.25, 0.3) is 0 Å². The molecule has 0 atom stereocenters. The first-order valence-corrected chi connectivity index (χ1v) is 13.3. The first-order chi connectivity index (χ1) is 15.1. The summed E-state index contributed by atoms with van der Waals surface area (Å²) in [7, 11) is -6.91. The van der Waals surface area contributed by atoms with Gasteiger partial charge < -0.3 is 0 Å². The van der Waals surface area contributed by atoms with Gasteiger partial charge in [-0.15, -0.1) is 0 Å². The summed E-state index contributed by atoms with van der Waals surface area (Å²) in [5, 5.41) is 0. The molecule has 0 spiro atoms. The van der Waals surface area contributed by atoms with Crippen LogP contribution in [0.1, 0.15) is 5.56 Å². The molecule has 0 heterocycles. The van der Waals surface area contributed by atoms with Crippen molar-refractivity contribution in [3.8, 4) is 22.3 Å². The number of sulfone groups is 2. The molecule has 32 heavy (non-hydrogen) atoms. The topological polar surface area (TPSA) is 68.3 Å². The zero-order valence-corrected chi connectivity index (χ0v) is 19.3. The van der Waals surface area contributed by atoms with Gasteiger partial charge in [-0.05, 0) is 65.6 Å². The van der Waals surface area contributed by atoms with Crippen molar-refractivity contribution in [2.45, 2.75) is 21.6 Å². The van der Waals surface area contributed by atoms with E-state index in [-0.39, 0.29) is 14.7 Å². The molecule has 0 saturated carbocycles. The molecule has 0 aliphatic carbocycles. The van der Waals surface area contributed by atoms with E-state index >= 15 is 0 Å². The molecule has 162 valence electrons. The van der Waals surface area contributed by atoms with Gasteiger partial charge in [-0.25, -0.2) is 16.8 Å². The number of hydrogen-bond donors (Lipinski definition) is 0. The van der Waals surface area contributed by atoms with Gasteiger partial charge in [0.15, 0.2) is 9.84 Å². The number of aryl methyl sites for hydroxylation is 1. The van der Waals surface area contributed by atoms with E-state index in [4.69, 9.17) is 0 Å². The summed E-state index contributed by atoms with van der Waals surface area (Å²) in [4.78, 5) is 0.685. The third-order valence-corrected chi connectivity index (χ3v) is 8.24. The van der Waals surface area contributed by atoms with Gasteiger partial charge >= 0.3 is 0 Å². The molecule has 0 saturated heterocycles. The minimum Gasteiger partial charge on any atom is -0.224 e. The molecule has 0 amide bonds. The van der Waals surface area contributed by atoms with Crippen LogP contribution in [-0.4, -0.2) is 23.1 Å². The lowest BCUT2D eigenvalue weighted by molar-refractivity contribution is 0.595. The zero-order valence-electron chi connectivity index (χ0n) is 17.7. The maximum atomic E-state index is 13.1. The largest absolute Gasteiger partial charge is 0.224 e. The lowest BCUT2D eigenvalue weighted by atomic mass is 10.0. The molecule has 4 aromatic rings. The Bertz CT molecular complexity index is 1450. The zero-order chi connectivity index (χ0) is 22.9. The van der Waals surface area contributed by atoms with Gasteiger partial charge in [-0.1, -0.05) is 66.2 Å². The number of rotatable bonds is 5. The SMILES string of the molecule is Cc1ccc(-c2ccc(S(=O)(=O)c3ccc(-c4ccc(S(C)(=O)=O)cc4)cc3)cc2)cc1. The third-order valence-electron chi connectivity index (χ3n) is 5.33. The fourth-order valence-corrected chi connectivity index (χ4v) is 5.32. The molecule has 0 aromatic heterocycles. The van der Waals surface area contributed by atoms with E-state index in [1.165, 1.54) is 5.56 Å². The quantitative estimate of drug-likeness (QED) is 0.389. The molecule has 0 fully saturated rings. The molecule has 0 unspecified atom stereocenters. The highest BCUT2D eigenvalue weighted by Gasteiger charge is 2.18. The average Bonchev–Trinajstić information content (AvgIpc) is 2.79. The summed E-state index contributed by atoms with van der Waals surface area (Å²) in [5.74, 6) is 0. The van der Waals surface area contributed by atoms with Gasteiger partial charge in [0, 0.05) is 6.26 Å². The fraction of sp³-hybridized carbons (Fsp3) is 0.0769. The Balaban J connectivity index is 1.58. The van der Waals surface area contributed by atoms with Crippen molar-refractivity contribution in [1.82, 2.24) is 0 Å². The van der Waals surface area contributed by atoms with E-state index in [0.717, 1.165) is 28.5 Å². The lowest BCUT2D eigenvalue weighted by Crippen LogP contribution is -2.01. The first-order valence-electron chi connectivity index (χ1n) is 9.97. The van der Waals surface area contributed by atoms with Gasteiger partial charge in [0.1, 0.15) is 0 Å². The number of hydrogen-bond acceptors (Lipinski definition) is 4. The average molecular weight is 463 g/mol. The van der Waals surface area contributed by atoms with Crippen LogP contribution in [0.25, 0.3) is 22.3 Å². The van der Waals surface area contributed by atoms with Crippen molar-refractivity contribution >= 4 is 19.7 Å². The molecule has 0 aliphatic heterocycles.